The molecule has 1 amide bonds. The van der Waals surface area contributed by atoms with Gasteiger partial charge in [-0.25, -0.2) is 4.79 Å². The summed E-state index contributed by atoms with van der Waals surface area (Å²) < 4.78 is 15.6. The number of hydrogen-bond donors (Lipinski definition) is 1. The molecule has 138 valence electrons. The number of anilines is 1. The van der Waals surface area contributed by atoms with Crippen LogP contribution in [-0.4, -0.2) is 31.7 Å². The second-order valence-corrected chi connectivity index (χ2v) is 5.76. The maximum absolute atomic E-state index is 11.8. The van der Waals surface area contributed by atoms with E-state index in [0.29, 0.717) is 28.8 Å². The zero-order valence-corrected chi connectivity index (χ0v) is 15.5. The summed E-state index contributed by atoms with van der Waals surface area (Å²) >= 11 is 11.8. The monoisotopic (exact) mass is 397 g/mol. The van der Waals surface area contributed by atoms with Gasteiger partial charge in [-0.05, 0) is 31.2 Å². The largest absolute Gasteiger partial charge is 0.490 e. The molecular formula is C18H17Cl2NO5. The zero-order chi connectivity index (χ0) is 18.9. The molecule has 0 bridgehead atoms. The standard InChI is InChI=1S/C18H17Cl2NO5/c1-2-24-14-8-3-4-9-15(14)25-11-17(23)26-10-16(22)21-13-7-5-6-12(19)18(13)20/h3-9H,2,10-11H2,1H3,(H,21,22). The molecule has 0 aliphatic rings. The molecule has 0 saturated carbocycles. The molecule has 0 aromatic heterocycles. The summed E-state index contributed by atoms with van der Waals surface area (Å²) in [6.07, 6.45) is 0. The first kappa shape index (κ1) is 19.9. The Kier molecular flexibility index (Phi) is 7.56. The second kappa shape index (κ2) is 9.89. The van der Waals surface area contributed by atoms with E-state index in [1.807, 2.05) is 6.92 Å². The van der Waals surface area contributed by atoms with Gasteiger partial charge in [0.2, 0.25) is 0 Å². The van der Waals surface area contributed by atoms with Crippen LogP contribution in [0.25, 0.3) is 0 Å². The molecule has 26 heavy (non-hydrogen) atoms. The molecule has 0 fully saturated rings. The Balaban J connectivity index is 1.80. The van der Waals surface area contributed by atoms with E-state index in [1.54, 1.807) is 42.5 Å². The summed E-state index contributed by atoms with van der Waals surface area (Å²) in [4.78, 5) is 23.6. The number of rotatable bonds is 8. The van der Waals surface area contributed by atoms with Crippen LogP contribution >= 0.6 is 23.2 Å². The van der Waals surface area contributed by atoms with Gasteiger partial charge in [-0.2, -0.15) is 0 Å². The highest BCUT2D eigenvalue weighted by atomic mass is 35.5. The molecule has 0 atom stereocenters. The van der Waals surface area contributed by atoms with Crippen molar-refractivity contribution in [2.24, 2.45) is 0 Å². The number of carbonyl (C=O) groups is 2. The van der Waals surface area contributed by atoms with E-state index in [2.05, 4.69) is 5.32 Å². The van der Waals surface area contributed by atoms with Gasteiger partial charge in [0.1, 0.15) is 0 Å². The molecule has 0 unspecified atom stereocenters. The van der Waals surface area contributed by atoms with Crippen LogP contribution in [0.4, 0.5) is 5.69 Å². The van der Waals surface area contributed by atoms with Gasteiger partial charge in [0.15, 0.2) is 24.7 Å². The van der Waals surface area contributed by atoms with Gasteiger partial charge in [-0.1, -0.05) is 41.4 Å². The first-order valence-electron chi connectivity index (χ1n) is 7.75. The van der Waals surface area contributed by atoms with Crippen LogP contribution < -0.4 is 14.8 Å². The molecule has 6 nitrogen and oxygen atoms in total. The lowest BCUT2D eigenvalue weighted by molar-refractivity contribution is -0.149. The van der Waals surface area contributed by atoms with Crippen LogP contribution in [0.5, 0.6) is 11.5 Å². The van der Waals surface area contributed by atoms with Crippen LogP contribution in [-0.2, 0) is 14.3 Å². The van der Waals surface area contributed by atoms with Crippen molar-refractivity contribution in [3.8, 4) is 11.5 Å². The fraction of sp³-hybridized carbons (Fsp3) is 0.222. The van der Waals surface area contributed by atoms with Crippen molar-refractivity contribution in [2.45, 2.75) is 6.92 Å². The van der Waals surface area contributed by atoms with Crippen LogP contribution in [0.2, 0.25) is 10.0 Å². The maximum Gasteiger partial charge on any atom is 0.344 e. The molecule has 2 aromatic carbocycles. The number of benzene rings is 2. The Hall–Kier alpha value is -2.44. The van der Waals surface area contributed by atoms with E-state index in [-0.39, 0.29) is 11.6 Å². The molecule has 0 radical (unpaired) electrons. The first-order chi connectivity index (χ1) is 12.5. The highest BCUT2D eigenvalue weighted by Crippen LogP contribution is 2.29. The summed E-state index contributed by atoms with van der Waals surface area (Å²) in [6, 6.07) is 11.8. The lowest BCUT2D eigenvalue weighted by Crippen LogP contribution is -2.23. The third-order valence-electron chi connectivity index (χ3n) is 3.08. The average Bonchev–Trinajstić information content (AvgIpc) is 2.63. The number of para-hydroxylation sites is 2. The summed E-state index contributed by atoms with van der Waals surface area (Å²) in [6.45, 7) is 1.49. The SMILES string of the molecule is CCOc1ccccc1OCC(=O)OCC(=O)Nc1cccc(Cl)c1Cl. The molecule has 2 rings (SSSR count). The predicted octanol–water partition coefficient (Wildman–Crippen LogP) is 3.95. The fourth-order valence-corrected chi connectivity index (χ4v) is 2.30. The Bertz CT molecular complexity index is 782. The minimum atomic E-state index is -0.691. The van der Waals surface area contributed by atoms with E-state index < -0.39 is 18.5 Å². The number of carbonyl (C=O) groups excluding carboxylic acids is 2. The predicted molar refractivity (Wildman–Crippen MR) is 99.2 cm³/mol. The minimum Gasteiger partial charge on any atom is -0.490 e. The maximum atomic E-state index is 11.8. The molecule has 0 aliphatic carbocycles. The normalized spacial score (nSPS) is 10.1. The van der Waals surface area contributed by atoms with Crippen molar-refractivity contribution in [1.82, 2.24) is 0 Å². The fourth-order valence-electron chi connectivity index (χ4n) is 1.96. The Morgan fingerprint density at radius 1 is 0.962 bits per heavy atom. The summed E-state index contributed by atoms with van der Waals surface area (Å²) in [7, 11) is 0. The van der Waals surface area contributed by atoms with Crippen molar-refractivity contribution in [3.63, 3.8) is 0 Å². The van der Waals surface area contributed by atoms with E-state index in [9.17, 15) is 9.59 Å². The van der Waals surface area contributed by atoms with Gasteiger partial charge in [0.05, 0.1) is 22.3 Å². The van der Waals surface area contributed by atoms with E-state index in [1.165, 1.54) is 0 Å². The zero-order valence-electron chi connectivity index (χ0n) is 14.0. The van der Waals surface area contributed by atoms with Gasteiger partial charge >= 0.3 is 5.97 Å². The van der Waals surface area contributed by atoms with Crippen LogP contribution in [0, 0.1) is 0 Å². The van der Waals surface area contributed by atoms with Crippen molar-refractivity contribution >= 4 is 40.8 Å². The Labute approximate surface area is 160 Å². The molecule has 1 N–H and O–H groups in total. The summed E-state index contributed by atoms with van der Waals surface area (Å²) in [5, 5.41) is 3.03. The highest BCUT2D eigenvalue weighted by Gasteiger charge is 2.12. The molecule has 0 spiro atoms. The molecule has 0 saturated heterocycles. The Morgan fingerprint density at radius 2 is 1.65 bits per heavy atom. The highest BCUT2D eigenvalue weighted by molar-refractivity contribution is 6.44. The molecule has 0 aliphatic heterocycles. The van der Waals surface area contributed by atoms with Crippen molar-refractivity contribution in [2.75, 3.05) is 25.1 Å². The molecule has 0 heterocycles. The average molecular weight is 398 g/mol. The van der Waals surface area contributed by atoms with E-state index in [0.717, 1.165) is 0 Å². The number of ether oxygens (including phenoxy) is 3. The van der Waals surface area contributed by atoms with E-state index >= 15 is 0 Å². The lowest BCUT2D eigenvalue weighted by Gasteiger charge is -2.11. The van der Waals surface area contributed by atoms with Crippen LogP contribution in [0.1, 0.15) is 6.92 Å². The molecule has 2 aromatic rings. The third-order valence-corrected chi connectivity index (χ3v) is 3.90. The minimum absolute atomic E-state index is 0.213. The van der Waals surface area contributed by atoms with Crippen LogP contribution in [0.3, 0.4) is 0 Å². The van der Waals surface area contributed by atoms with E-state index in [4.69, 9.17) is 37.4 Å². The molecule has 8 heteroatoms. The van der Waals surface area contributed by atoms with Gasteiger partial charge in [0, 0.05) is 0 Å². The number of hydrogen-bond acceptors (Lipinski definition) is 5. The van der Waals surface area contributed by atoms with Crippen LogP contribution in [0.15, 0.2) is 42.5 Å². The number of nitrogens with one attached hydrogen (secondary N) is 1. The first-order valence-corrected chi connectivity index (χ1v) is 8.51. The quantitative estimate of drug-likeness (QED) is 0.682. The smallest absolute Gasteiger partial charge is 0.344 e. The number of amides is 1. The topological polar surface area (TPSA) is 73.9 Å². The molecular weight excluding hydrogens is 381 g/mol. The van der Waals surface area contributed by atoms with Gasteiger partial charge < -0.3 is 19.5 Å². The van der Waals surface area contributed by atoms with Crippen molar-refractivity contribution < 1.29 is 23.8 Å². The van der Waals surface area contributed by atoms with Gasteiger partial charge in [0.25, 0.3) is 5.91 Å². The summed E-state index contributed by atoms with van der Waals surface area (Å²) in [5.41, 5.74) is 0.335. The Morgan fingerprint density at radius 3 is 2.35 bits per heavy atom. The lowest BCUT2D eigenvalue weighted by atomic mass is 10.3. The van der Waals surface area contributed by atoms with Crippen molar-refractivity contribution in [3.05, 3.63) is 52.5 Å². The van der Waals surface area contributed by atoms with Crippen molar-refractivity contribution in [1.29, 1.82) is 0 Å². The van der Waals surface area contributed by atoms with Gasteiger partial charge in [-0.3, -0.25) is 4.79 Å². The third kappa shape index (κ3) is 5.82. The second-order valence-electron chi connectivity index (χ2n) is 4.98. The van der Waals surface area contributed by atoms with Gasteiger partial charge in [-0.15, -0.1) is 0 Å². The summed E-state index contributed by atoms with van der Waals surface area (Å²) in [5.74, 6) is -0.293. The number of esters is 1. The number of halogens is 2.